The molecule has 4 rings (SSSR count). The van der Waals surface area contributed by atoms with Crippen LogP contribution in [0.15, 0.2) is 59.7 Å². The molecule has 1 aliphatic carbocycles. The predicted molar refractivity (Wildman–Crippen MR) is 115 cm³/mol. The van der Waals surface area contributed by atoms with Gasteiger partial charge in [-0.2, -0.15) is 5.10 Å². The van der Waals surface area contributed by atoms with Gasteiger partial charge in [-0.1, -0.05) is 49.6 Å². The van der Waals surface area contributed by atoms with Crippen LogP contribution < -0.4 is 10.3 Å². The number of piperidine rings is 1. The molecule has 1 spiro atoms. The van der Waals surface area contributed by atoms with Gasteiger partial charge in [-0.05, 0) is 60.9 Å². The number of amides is 1. The van der Waals surface area contributed by atoms with Crippen molar-refractivity contribution in [2.75, 3.05) is 18.0 Å². The summed E-state index contributed by atoms with van der Waals surface area (Å²) in [6.45, 7) is 2.33. The van der Waals surface area contributed by atoms with Crippen molar-refractivity contribution in [1.82, 2.24) is 5.43 Å². The van der Waals surface area contributed by atoms with E-state index in [1.54, 1.807) is 18.3 Å². The van der Waals surface area contributed by atoms with Crippen molar-refractivity contribution in [2.24, 2.45) is 10.5 Å². The van der Waals surface area contributed by atoms with Crippen LogP contribution in [0.4, 0.5) is 5.69 Å². The number of hydrogen-bond donors (Lipinski definition) is 1. The second-order valence-corrected chi connectivity index (χ2v) is 8.20. The van der Waals surface area contributed by atoms with Crippen LogP contribution in [-0.2, 0) is 0 Å². The van der Waals surface area contributed by atoms with Gasteiger partial charge in [-0.25, -0.2) is 5.43 Å². The van der Waals surface area contributed by atoms with Gasteiger partial charge < -0.3 is 4.90 Å². The minimum atomic E-state index is -0.196. The smallest absolute Gasteiger partial charge is 0.271 e. The Morgan fingerprint density at radius 2 is 1.57 bits per heavy atom. The molecule has 0 atom stereocenters. The SMILES string of the molecule is O=C(NN=Cc1ccc(N2CCC3(CCCCC3)CC2)cc1)c1ccccc1. The highest BCUT2D eigenvalue weighted by Crippen LogP contribution is 2.45. The Hall–Kier alpha value is -2.62. The molecule has 1 amide bonds. The largest absolute Gasteiger partial charge is 0.371 e. The van der Waals surface area contributed by atoms with Gasteiger partial charge in [0.2, 0.25) is 0 Å². The Labute approximate surface area is 167 Å². The van der Waals surface area contributed by atoms with Crippen LogP contribution in [0.3, 0.4) is 0 Å². The number of benzene rings is 2. The molecular formula is C24H29N3O. The van der Waals surface area contributed by atoms with Crippen molar-refractivity contribution >= 4 is 17.8 Å². The molecule has 4 nitrogen and oxygen atoms in total. The summed E-state index contributed by atoms with van der Waals surface area (Å²) in [5.41, 5.74) is 6.10. The molecule has 0 bridgehead atoms. The van der Waals surface area contributed by atoms with E-state index in [0.29, 0.717) is 11.0 Å². The number of nitrogens with one attached hydrogen (secondary N) is 1. The van der Waals surface area contributed by atoms with E-state index < -0.39 is 0 Å². The van der Waals surface area contributed by atoms with E-state index >= 15 is 0 Å². The summed E-state index contributed by atoms with van der Waals surface area (Å²) in [6, 6.07) is 17.6. The Balaban J connectivity index is 1.30. The summed E-state index contributed by atoms with van der Waals surface area (Å²) in [4.78, 5) is 14.5. The van der Waals surface area contributed by atoms with Crippen LogP contribution in [0.25, 0.3) is 0 Å². The summed E-state index contributed by atoms with van der Waals surface area (Å²) in [6.07, 6.45) is 11.5. The standard InChI is InChI=1S/C24H29N3O/c28-23(21-7-3-1-4-8-21)26-25-19-20-9-11-22(12-10-20)27-17-15-24(16-18-27)13-5-2-6-14-24/h1,3-4,7-12,19H,2,5-6,13-18H2,(H,26,28). The molecule has 2 aliphatic rings. The lowest BCUT2D eigenvalue weighted by Gasteiger charge is -2.45. The van der Waals surface area contributed by atoms with Crippen LogP contribution in [-0.4, -0.2) is 25.2 Å². The second kappa shape index (κ2) is 8.59. The monoisotopic (exact) mass is 375 g/mol. The molecular weight excluding hydrogens is 346 g/mol. The molecule has 0 aromatic heterocycles. The quantitative estimate of drug-likeness (QED) is 0.604. The van der Waals surface area contributed by atoms with E-state index in [9.17, 15) is 4.79 Å². The minimum Gasteiger partial charge on any atom is -0.371 e. The fraction of sp³-hybridized carbons (Fsp3) is 0.417. The van der Waals surface area contributed by atoms with Crippen LogP contribution >= 0.6 is 0 Å². The first-order valence-electron chi connectivity index (χ1n) is 10.5. The lowest BCUT2D eigenvalue weighted by Crippen LogP contribution is -2.41. The normalized spacial score (nSPS) is 19.1. The van der Waals surface area contributed by atoms with E-state index in [0.717, 1.165) is 5.56 Å². The van der Waals surface area contributed by atoms with Gasteiger partial charge in [0.05, 0.1) is 6.21 Å². The molecule has 1 heterocycles. The third-order valence-electron chi connectivity index (χ3n) is 6.41. The molecule has 146 valence electrons. The Bertz CT molecular complexity index is 798. The average Bonchev–Trinajstić information content (AvgIpc) is 2.76. The molecule has 2 fully saturated rings. The number of hydrazone groups is 1. The summed E-state index contributed by atoms with van der Waals surface area (Å²) in [5, 5.41) is 4.08. The maximum atomic E-state index is 12.0. The lowest BCUT2D eigenvalue weighted by molar-refractivity contribution is 0.0955. The van der Waals surface area contributed by atoms with Crippen molar-refractivity contribution in [2.45, 2.75) is 44.9 Å². The van der Waals surface area contributed by atoms with E-state index in [-0.39, 0.29) is 5.91 Å². The minimum absolute atomic E-state index is 0.196. The Morgan fingerprint density at radius 1 is 0.893 bits per heavy atom. The van der Waals surface area contributed by atoms with Gasteiger partial charge in [0.25, 0.3) is 5.91 Å². The number of nitrogens with zero attached hydrogens (tertiary/aromatic N) is 2. The van der Waals surface area contributed by atoms with Gasteiger partial charge in [0, 0.05) is 24.3 Å². The summed E-state index contributed by atoms with van der Waals surface area (Å²) in [7, 11) is 0. The van der Waals surface area contributed by atoms with E-state index in [1.165, 1.54) is 63.7 Å². The molecule has 0 radical (unpaired) electrons. The van der Waals surface area contributed by atoms with Gasteiger partial charge in [-0.15, -0.1) is 0 Å². The van der Waals surface area contributed by atoms with E-state index in [2.05, 4.69) is 39.7 Å². The highest BCUT2D eigenvalue weighted by atomic mass is 16.2. The number of hydrogen-bond acceptors (Lipinski definition) is 3. The molecule has 4 heteroatoms. The van der Waals surface area contributed by atoms with Crippen LogP contribution in [0, 0.1) is 5.41 Å². The van der Waals surface area contributed by atoms with Crippen molar-refractivity contribution in [1.29, 1.82) is 0 Å². The van der Waals surface area contributed by atoms with E-state index in [4.69, 9.17) is 0 Å². The molecule has 2 aromatic rings. The third kappa shape index (κ3) is 4.44. The Morgan fingerprint density at radius 3 is 2.25 bits per heavy atom. The molecule has 28 heavy (non-hydrogen) atoms. The third-order valence-corrected chi connectivity index (χ3v) is 6.41. The average molecular weight is 376 g/mol. The number of anilines is 1. The van der Waals surface area contributed by atoms with Crippen LogP contribution in [0.1, 0.15) is 60.9 Å². The molecule has 1 saturated heterocycles. The zero-order valence-electron chi connectivity index (χ0n) is 16.4. The van der Waals surface area contributed by atoms with Crippen LogP contribution in [0.5, 0.6) is 0 Å². The highest BCUT2D eigenvalue weighted by Gasteiger charge is 2.35. The molecule has 2 aromatic carbocycles. The van der Waals surface area contributed by atoms with Gasteiger partial charge in [0.1, 0.15) is 0 Å². The van der Waals surface area contributed by atoms with E-state index in [1.807, 2.05) is 18.2 Å². The molecule has 1 N–H and O–H groups in total. The first kappa shape index (κ1) is 18.7. The number of carbonyl (C=O) groups excluding carboxylic acids is 1. The second-order valence-electron chi connectivity index (χ2n) is 8.20. The molecule has 1 saturated carbocycles. The van der Waals surface area contributed by atoms with Crippen LogP contribution in [0.2, 0.25) is 0 Å². The highest BCUT2D eigenvalue weighted by molar-refractivity contribution is 5.94. The maximum Gasteiger partial charge on any atom is 0.271 e. The van der Waals surface area contributed by atoms with Crippen molar-refractivity contribution in [3.63, 3.8) is 0 Å². The summed E-state index contributed by atoms with van der Waals surface area (Å²) in [5.74, 6) is -0.196. The number of rotatable bonds is 4. The Kier molecular flexibility index (Phi) is 5.75. The first-order valence-corrected chi connectivity index (χ1v) is 10.5. The van der Waals surface area contributed by atoms with Gasteiger partial charge in [0.15, 0.2) is 0 Å². The molecule has 0 unspecified atom stereocenters. The lowest BCUT2D eigenvalue weighted by atomic mass is 9.68. The topological polar surface area (TPSA) is 44.7 Å². The van der Waals surface area contributed by atoms with Crippen molar-refractivity contribution in [3.05, 3.63) is 65.7 Å². The van der Waals surface area contributed by atoms with Crippen molar-refractivity contribution in [3.8, 4) is 0 Å². The first-order chi connectivity index (χ1) is 13.7. The molecule has 1 aliphatic heterocycles. The fourth-order valence-corrected chi connectivity index (χ4v) is 4.63. The predicted octanol–water partition coefficient (Wildman–Crippen LogP) is 5.00. The van der Waals surface area contributed by atoms with Gasteiger partial charge in [-0.3, -0.25) is 4.79 Å². The summed E-state index contributed by atoms with van der Waals surface area (Å²) < 4.78 is 0. The summed E-state index contributed by atoms with van der Waals surface area (Å²) >= 11 is 0. The zero-order chi connectivity index (χ0) is 19.2. The zero-order valence-corrected chi connectivity index (χ0v) is 16.4. The van der Waals surface area contributed by atoms with Gasteiger partial charge >= 0.3 is 0 Å². The van der Waals surface area contributed by atoms with Crippen molar-refractivity contribution < 1.29 is 4.79 Å². The number of carbonyl (C=O) groups is 1. The fourth-order valence-electron chi connectivity index (χ4n) is 4.63. The maximum absolute atomic E-state index is 12.0.